The molecule has 3 rings (SSSR count). The first kappa shape index (κ1) is 14.6. The van der Waals surface area contributed by atoms with Gasteiger partial charge in [-0.15, -0.1) is 0 Å². The molecule has 116 valence electrons. The van der Waals surface area contributed by atoms with Crippen LogP contribution in [0.4, 0.5) is 11.5 Å². The minimum Gasteiger partial charge on any atom is -0.459 e. The quantitative estimate of drug-likeness (QED) is 0.935. The van der Waals surface area contributed by atoms with Crippen LogP contribution in [0, 0.1) is 0 Å². The number of furan rings is 1. The van der Waals surface area contributed by atoms with Crippen molar-refractivity contribution in [2.24, 2.45) is 0 Å². The summed E-state index contributed by atoms with van der Waals surface area (Å²) in [7, 11) is 0. The minimum absolute atomic E-state index is 0.283. The van der Waals surface area contributed by atoms with Crippen molar-refractivity contribution in [3.8, 4) is 0 Å². The van der Waals surface area contributed by atoms with Crippen LogP contribution in [-0.2, 0) is 0 Å². The van der Waals surface area contributed by atoms with Crippen molar-refractivity contribution in [1.82, 2.24) is 4.98 Å². The molecule has 22 heavy (non-hydrogen) atoms. The Labute approximate surface area is 130 Å². The highest BCUT2D eigenvalue weighted by Crippen LogP contribution is 2.26. The van der Waals surface area contributed by atoms with Crippen molar-refractivity contribution < 1.29 is 9.21 Å². The average molecular weight is 299 g/mol. The number of rotatable bonds is 4. The van der Waals surface area contributed by atoms with Gasteiger partial charge in [0.15, 0.2) is 5.76 Å². The maximum atomic E-state index is 11.9. The molecule has 1 saturated heterocycles. The van der Waals surface area contributed by atoms with Crippen LogP contribution in [0.3, 0.4) is 0 Å². The van der Waals surface area contributed by atoms with Crippen molar-refractivity contribution in [2.75, 3.05) is 16.8 Å². The standard InChI is InChI=1S/C17H21N3O2/c1-2-13-6-3-4-10-20(13)14-8-9-16(18-12-14)19-17(21)15-7-5-11-22-15/h5,7-9,11-13H,2-4,6,10H2,1H3,(H,18,19,21). The number of piperidine rings is 1. The Morgan fingerprint density at radius 1 is 1.41 bits per heavy atom. The summed E-state index contributed by atoms with van der Waals surface area (Å²) in [5.41, 5.74) is 1.13. The molecule has 1 unspecified atom stereocenters. The van der Waals surface area contributed by atoms with E-state index < -0.39 is 0 Å². The lowest BCUT2D eigenvalue weighted by Gasteiger charge is -2.37. The summed E-state index contributed by atoms with van der Waals surface area (Å²) >= 11 is 0. The summed E-state index contributed by atoms with van der Waals surface area (Å²) in [6.07, 6.45) is 8.25. The zero-order valence-electron chi connectivity index (χ0n) is 12.8. The third kappa shape index (κ3) is 3.13. The smallest absolute Gasteiger partial charge is 0.292 e. The number of nitrogens with zero attached hydrogens (tertiary/aromatic N) is 2. The fourth-order valence-electron chi connectivity index (χ4n) is 2.98. The molecule has 1 aliphatic heterocycles. The second-order valence-electron chi connectivity index (χ2n) is 5.58. The molecule has 1 atom stereocenters. The van der Waals surface area contributed by atoms with E-state index in [-0.39, 0.29) is 11.7 Å². The van der Waals surface area contributed by atoms with Crippen molar-refractivity contribution in [3.05, 3.63) is 42.5 Å². The SMILES string of the molecule is CCC1CCCCN1c1ccc(NC(=O)c2ccco2)nc1. The van der Waals surface area contributed by atoms with Crippen LogP contribution in [0.25, 0.3) is 0 Å². The van der Waals surface area contributed by atoms with Crippen molar-refractivity contribution >= 4 is 17.4 Å². The van der Waals surface area contributed by atoms with E-state index in [1.807, 2.05) is 18.3 Å². The molecule has 1 aliphatic rings. The van der Waals surface area contributed by atoms with Crippen molar-refractivity contribution in [3.63, 3.8) is 0 Å². The van der Waals surface area contributed by atoms with Crippen LogP contribution >= 0.6 is 0 Å². The van der Waals surface area contributed by atoms with Gasteiger partial charge in [-0.25, -0.2) is 4.98 Å². The second-order valence-corrected chi connectivity index (χ2v) is 5.58. The first-order valence-electron chi connectivity index (χ1n) is 7.85. The van der Waals surface area contributed by atoms with Gasteiger partial charge in [0.2, 0.25) is 0 Å². The van der Waals surface area contributed by atoms with E-state index >= 15 is 0 Å². The normalized spacial score (nSPS) is 18.2. The number of pyridine rings is 1. The number of nitrogens with one attached hydrogen (secondary N) is 1. The van der Waals surface area contributed by atoms with Gasteiger partial charge in [-0.05, 0) is 49.9 Å². The van der Waals surface area contributed by atoms with Gasteiger partial charge in [0.05, 0.1) is 18.1 Å². The molecule has 5 nitrogen and oxygen atoms in total. The van der Waals surface area contributed by atoms with E-state index in [1.165, 1.54) is 25.5 Å². The molecule has 0 aliphatic carbocycles. The summed E-state index contributed by atoms with van der Waals surface area (Å²) in [6.45, 7) is 3.31. The zero-order chi connectivity index (χ0) is 15.4. The van der Waals surface area contributed by atoms with Crippen LogP contribution < -0.4 is 10.2 Å². The van der Waals surface area contributed by atoms with Gasteiger partial charge in [0.1, 0.15) is 5.82 Å². The second kappa shape index (κ2) is 6.64. The highest BCUT2D eigenvalue weighted by Gasteiger charge is 2.21. The average Bonchev–Trinajstić information content (AvgIpc) is 3.10. The molecule has 1 amide bonds. The van der Waals surface area contributed by atoms with Gasteiger partial charge in [0.25, 0.3) is 5.91 Å². The van der Waals surface area contributed by atoms with Gasteiger partial charge >= 0.3 is 0 Å². The number of amides is 1. The Bertz CT molecular complexity index is 607. The summed E-state index contributed by atoms with van der Waals surface area (Å²) < 4.78 is 5.07. The molecule has 0 bridgehead atoms. The van der Waals surface area contributed by atoms with Gasteiger partial charge in [-0.3, -0.25) is 4.79 Å². The molecular formula is C17H21N3O2. The Kier molecular flexibility index (Phi) is 4.42. The van der Waals surface area contributed by atoms with Gasteiger partial charge in [0, 0.05) is 12.6 Å². The fourth-order valence-corrected chi connectivity index (χ4v) is 2.98. The van der Waals surface area contributed by atoms with E-state index in [0.29, 0.717) is 11.9 Å². The third-order valence-corrected chi connectivity index (χ3v) is 4.16. The van der Waals surface area contributed by atoms with Gasteiger partial charge < -0.3 is 14.6 Å². The lowest BCUT2D eigenvalue weighted by Crippen LogP contribution is -2.39. The van der Waals surface area contributed by atoms with Crippen molar-refractivity contribution in [2.45, 2.75) is 38.6 Å². The maximum Gasteiger partial charge on any atom is 0.292 e. The van der Waals surface area contributed by atoms with Crippen LogP contribution in [0.1, 0.15) is 43.2 Å². The number of hydrogen-bond donors (Lipinski definition) is 1. The molecule has 2 aromatic heterocycles. The van der Waals surface area contributed by atoms with Crippen molar-refractivity contribution in [1.29, 1.82) is 0 Å². The van der Waals surface area contributed by atoms with E-state index in [2.05, 4.69) is 22.1 Å². The molecule has 1 N–H and O–H groups in total. The Balaban J connectivity index is 1.68. The van der Waals surface area contributed by atoms with E-state index in [9.17, 15) is 4.79 Å². The molecule has 3 heterocycles. The summed E-state index contributed by atoms with van der Waals surface area (Å²) in [6, 6.07) is 7.78. The number of anilines is 2. The first-order valence-corrected chi connectivity index (χ1v) is 7.85. The molecule has 0 saturated carbocycles. The number of carbonyl (C=O) groups is 1. The monoisotopic (exact) mass is 299 g/mol. The Hall–Kier alpha value is -2.30. The molecule has 5 heteroatoms. The van der Waals surface area contributed by atoms with Crippen LogP contribution in [-0.4, -0.2) is 23.5 Å². The van der Waals surface area contributed by atoms with E-state index in [1.54, 1.807) is 12.1 Å². The van der Waals surface area contributed by atoms with Gasteiger partial charge in [-0.1, -0.05) is 6.92 Å². The van der Waals surface area contributed by atoms with Crippen LogP contribution in [0.5, 0.6) is 0 Å². The number of carbonyl (C=O) groups excluding carboxylic acids is 1. The Morgan fingerprint density at radius 2 is 2.32 bits per heavy atom. The Morgan fingerprint density at radius 3 is 3.00 bits per heavy atom. The topological polar surface area (TPSA) is 58.4 Å². The third-order valence-electron chi connectivity index (χ3n) is 4.16. The number of aromatic nitrogens is 1. The molecule has 0 aromatic carbocycles. The fraction of sp³-hybridized carbons (Fsp3) is 0.412. The predicted octanol–water partition coefficient (Wildman–Crippen LogP) is 3.70. The first-order chi connectivity index (χ1) is 10.8. The summed E-state index contributed by atoms with van der Waals surface area (Å²) in [4.78, 5) is 18.7. The lowest BCUT2D eigenvalue weighted by atomic mass is 9.99. The number of hydrogen-bond acceptors (Lipinski definition) is 4. The summed E-state index contributed by atoms with van der Waals surface area (Å²) in [5.74, 6) is 0.540. The molecule has 0 radical (unpaired) electrons. The molecule has 1 fully saturated rings. The molecule has 2 aromatic rings. The lowest BCUT2D eigenvalue weighted by molar-refractivity contribution is 0.0996. The zero-order valence-corrected chi connectivity index (χ0v) is 12.8. The molecule has 0 spiro atoms. The summed E-state index contributed by atoms with van der Waals surface area (Å²) in [5, 5.41) is 2.74. The van der Waals surface area contributed by atoms with Crippen LogP contribution in [0.2, 0.25) is 0 Å². The predicted molar refractivity (Wildman–Crippen MR) is 86.2 cm³/mol. The van der Waals surface area contributed by atoms with E-state index in [0.717, 1.165) is 18.7 Å². The van der Waals surface area contributed by atoms with E-state index in [4.69, 9.17) is 4.42 Å². The molecular weight excluding hydrogens is 278 g/mol. The minimum atomic E-state index is -0.283. The van der Waals surface area contributed by atoms with Gasteiger partial charge in [-0.2, -0.15) is 0 Å². The largest absolute Gasteiger partial charge is 0.459 e. The highest BCUT2D eigenvalue weighted by atomic mass is 16.3. The van der Waals surface area contributed by atoms with Crippen LogP contribution in [0.15, 0.2) is 41.1 Å². The highest BCUT2D eigenvalue weighted by molar-refractivity contribution is 6.01. The maximum absolute atomic E-state index is 11.9.